The Morgan fingerprint density at radius 1 is 1.21 bits per heavy atom. The molecule has 1 aliphatic carbocycles. The van der Waals surface area contributed by atoms with Crippen LogP contribution in [0.25, 0.3) is 6.08 Å². The number of allylic oxidation sites excluding steroid dienone is 1. The molecule has 0 bridgehead atoms. The molecule has 1 aromatic rings. The minimum Gasteiger partial charge on any atom is -0.493 e. The van der Waals surface area contributed by atoms with Crippen molar-refractivity contribution in [3.8, 4) is 5.75 Å². The van der Waals surface area contributed by atoms with Gasteiger partial charge in [-0.3, -0.25) is 0 Å². The molecule has 0 heterocycles. The first-order valence-electron chi connectivity index (χ1n) is 7.38. The highest BCUT2D eigenvalue weighted by Crippen LogP contribution is 2.25. The standard InChI is InChI=1S/C17H23FO/c1-2-3-7-15-10-16(18)12-17(11-15)19-13-14-8-5-4-6-9-14/h3,7,10-12,14H,2,4-6,8-9,13H2,1H3/b7-3+. The normalized spacial score (nSPS) is 16.9. The van der Waals surface area contributed by atoms with Gasteiger partial charge in [0.15, 0.2) is 0 Å². The second-order valence-corrected chi connectivity index (χ2v) is 5.35. The van der Waals surface area contributed by atoms with Gasteiger partial charge in [0.25, 0.3) is 0 Å². The highest BCUT2D eigenvalue weighted by Gasteiger charge is 2.14. The Labute approximate surface area is 115 Å². The Bertz CT molecular complexity index is 419. The zero-order valence-corrected chi connectivity index (χ0v) is 11.7. The predicted molar refractivity (Wildman–Crippen MR) is 77.8 cm³/mol. The van der Waals surface area contributed by atoms with E-state index < -0.39 is 0 Å². The molecular weight excluding hydrogens is 239 g/mol. The summed E-state index contributed by atoms with van der Waals surface area (Å²) in [6, 6.07) is 4.93. The lowest BCUT2D eigenvalue weighted by atomic mass is 9.90. The van der Waals surface area contributed by atoms with E-state index >= 15 is 0 Å². The molecule has 1 saturated carbocycles. The monoisotopic (exact) mass is 262 g/mol. The smallest absolute Gasteiger partial charge is 0.127 e. The van der Waals surface area contributed by atoms with Gasteiger partial charge in [0.2, 0.25) is 0 Å². The van der Waals surface area contributed by atoms with E-state index in [-0.39, 0.29) is 5.82 Å². The van der Waals surface area contributed by atoms with Gasteiger partial charge in [-0.2, -0.15) is 0 Å². The summed E-state index contributed by atoms with van der Waals surface area (Å²) < 4.78 is 19.3. The van der Waals surface area contributed by atoms with Gasteiger partial charge in [0, 0.05) is 6.07 Å². The van der Waals surface area contributed by atoms with Gasteiger partial charge >= 0.3 is 0 Å². The maximum absolute atomic E-state index is 13.5. The molecule has 104 valence electrons. The van der Waals surface area contributed by atoms with Gasteiger partial charge in [0.1, 0.15) is 11.6 Å². The molecule has 19 heavy (non-hydrogen) atoms. The fourth-order valence-electron chi connectivity index (χ4n) is 2.59. The van der Waals surface area contributed by atoms with E-state index in [4.69, 9.17) is 4.74 Å². The van der Waals surface area contributed by atoms with Crippen LogP contribution in [0.3, 0.4) is 0 Å². The SMILES string of the molecule is CC/C=C/c1cc(F)cc(OCC2CCCCC2)c1. The second kappa shape index (κ2) is 7.32. The van der Waals surface area contributed by atoms with Crippen LogP contribution in [-0.4, -0.2) is 6.61 Å². The second-order valence-electron chi connectivity index (χ2n) is 5.35. The Morgan fingerprint density at radius 3 is 2.74 bits per heavy atom. The summed E-state index contributed by atoms with van der Waals surface area (Å²) in [5.74, 6) is 1.07. The molecule has 1 nitrogen and oxygen atoms in total. The van der Waals surface area contributed by atoms with E-state index in [2.05, 4.69) is 6.92 Å². The van der Waals surface area contributed by atoms with Crippen LogP contribution in [-0.2, 0) is 0 Å². The van der Waals surface area contributed by atoms with Gasteiger partial charge in [-0.15, -0.1) is 0 Å². The van der Waals surface area contributed by atoms with Crippen molar-refractivity contribution in [3.63, 3.8) is 0 Å². The van der Waals surface area contributed by atoms with Crippen molar-refractivity contribution in [2.24, 2.45) is 5.92 Å². The zero-order chi connectivity index (χ0) is 13.5. The van der Waals surface area contributed by atoms with Crippen molar-refractivity contribution >= 4 is 6.08 Å². The summed E-state index contributed by atoms with van der Waals surface area (Å²) in [6.45, 7) is 2.79. The molecule has 0 N–H and O–H groups in total. The summed E-state index contributed by atoms with van der Waals surface area (Å²) in [4.78, 5) is 0. The summed E-state index contributed by atoms with van der Waals surface area (Å²) in [5.41, 5.74) is 0.875. The van der Waals surface area contributed by atoms with Gasteiger partial charge in [-0.25, -0.2) is 4.39 Å². The van der Waals surface area contributed by atoms with Crippen molar-refractivity contribution in [3.05, 3.63) is 35.7 Å². The van der Waals surface area contributed by atoms with Gasteiger partial charge in [-0.05, 0) is 42.9 Å². The molecule has 0 amide bonds. The molecule has 0 saturated heterocycles. The average Bonchev–Trinajstić information content (AvgIpc) is 2.43. The highest BCUT2D eigenvalue weighted by atomic mass is 19.1. The van der Waals surface area contributed by atoms with Crippen LogP contribution < -0.4 is 4.74 Å². The quantitative estimate of drug-likeness (QED) is 0.708. The third-order valence-corrected chi connectivity index (χ3v) is 3.65. The van der Waals surface area contributed by atoms with Gasteiger partial charge < -0.3 is 4.74 Å². The summed E-state index contributed by atoms with van der Waals surface area (Å²) in [7, 11) is 0. The van der Waals surface area contributed by atoms with E-state index in [9.17, 15) is 4.39 Å². The molecule has 0 aliphatic heterocycles. The molecule has 2 heteroatoms. The number of halogens is 1. The molecule has 0 radical (unpaired) electrons. The van der Waals surface area contributed by atoms with Crippen LogP contribution in [0.15, 0.2) is 24.3 Å². The van der Waals surface area contributed by atoms with Crippen LogP contribution in [0.5, 0.6) is 5.75 Å². The maximum atomic E-state index is 13.5. The maximum Gasteiger partial charge on any atom is 0.127 e. The molecule has 0 aromatic heterocycles. The van der Waals surface area contributed by atoms with Crippen molar-refractivity contribution in [2.45, 2.75) is 45.4 Å². The molecule has 0 unspecified atom stereocenters. The average molecular weight is 262 g/mol. The first-order valence-corrected chi connectivity index (χ1v) is 7.38. The fourth-order valence-corrected chi connectivity index (χ4v) is 2.59. The van der Waals surface area contributed by atoms with Crippen molar-refractivity contribution < 1.29 is 9.13 Å². The molecule has 1 aromatic carbocycles. The molecule has 0 atom stereocenters. The van der Waals surface area contributed by atoms with Crippen molar-refractivity contribution in [1.29, 1.82) is 0 Å². The molecule has 0 spiro atoms. The van der Waals surface area contributed by atoms with E-state index in [1.165, 1.54) is 38.2 Å². The minimum absolute atomic E-state index is 0.225. The molecule has 2 rings (SSSR count). The number of benzene rings is 1. The van der Waals surface area contributed by atoms with Crippen LogP contribution in [0.4, 0.5) is 4.39 Å². The summed E-state index contributed by atoms with van der Waals surface area (Å²) in [5, 5.41) is 0. The van der Waals surface area contributed by atoms with Crippen molar-refractivity contribution in [2.75, 3.05) is 6.61 Å². The topological polar surface area (TPSA) is 9.23 Å². The van der Waals surface area contributed by atoms with Crippen LogP contribution in [0.2, 0.25) is 0 Å². The fraction of sp³-hybridized carbons (Fsp3) is 0.529. The van der Waals surface area contributed by atoms with E-state index in [1.54, 1.807) is 6.07 Å². The summed E-state index contributed by atoms with van der Waals surface area (Å²) in [6.07, 6.45) is 11.4. The van der Waals surface area contributed by atoms with Gasteiger partial charge in [0.05, 0.1) is 6.61 Å². The predicted octanol–water partition coefficient (Wildman–Crippen LogP) is 5.21. The number of ether oxygens (including phenoxy) is 1. The Balaban J connectivity index is 1.95. The number of hydrogen-bond acceptors (Lipinski definition) is 1. The lowest BCUT2D eigenvalue weighted by Gasteiger charge is -2.21. The largest absolute Gasteiger partial charge is 0.493 e. The first kappa shape index (κ1) is 14.1. The lowest BCUT2D eigenvalue weighted by molar-refractivity contribution is 0.208. The highest BCUT2D eigenvalue weighted by molar-refractivity contribution is 5.51. The van der Waals surface area contributed by atoms with Crippen molar-refractivity contribution in [1.82, 2.24) is 0 Å². The molecule has 1 aliphatic rings. The Morgan fingerprint density at radius 2 is 2.00 bits per heavy atom. The Hall–Kier alpha value is -1.31. The number of hydrogen-bond donors (Lipinski definition) is 0. The Kier molecular flexibility index (Phi) is 5.44. The van der Waals surface area contributed by atoms with Crippen LogP contribution in [0.1, 0.15) is 51.0 Å². The lowest BCUT2D eigenvalue weighted by Crippen LogP contribution is -2.15. The van der Waals surface area contributed by atoms with Crippen LogP contribution in [0, 0.1) is 11.7 Å². The van der Waals surface area contributed by atoms with Gasteiger partial charge in [-0.1, -0.05) is 38.3 Å². The van der Waals surface area contributed by atoms with Crippen LogP contribution >= 0.6 is 0 Å². The van der Waals surface area contributed by atoms with E-state index in [0.717, 1.165) is 18.6 Å². The third-order valence-electron chi connectivity index (χ3n) is 3.65. The summed E-state index contributed by atoms with van der Waals surface area (Å²) >= 11 is 0. The van der Waals surface area contributed by atoms with E-state index in [1.807, 2.05) is 18.2 Å². The molecular formula is C17H23FO. The molecule has 1 fully saturated rings. The number of rotatable bonds is 5. The third kappa shape index (κ3) is 4.70. The zero-order valence-electron chi connectivity index (χ0n) is 11.7. The minimum atomic E-state index is -0.225. The first-order chi connectivity index (χ1) is 9.28. The van der Waals surface area contributed by atoms with E-state index in [0.29, 0.717) is 11.7 Å².